The molecule has 0 bridgehead atoms. The molecule has 4 nitrogen and oxygen atoms in total. The minimum Gasteiger partial charge on any atom is -0.325 e. The van der Waals surface area contributed by atoms with Crippen molar-refractivity contribution in [1.82, 2.24) is 18.7 Å². The van der Waals surface area contributed by atoms with Crippen LogP contribution in [0.3, 0.4) is 0 Å². The lowest BCUT2D eigenvalue weighted by Gasteiger charge is -1.86. The first-order valence-electron chi connectivity index (χ1n) is 2.72. The maximum atomic E-state index is 4.89. The van der Waals surface area contributed by atoms with Crippen LogP contribution in [0.1, 0.15) is 0 Å². The predicted molar refractivity (Wildman–Crippen MR) is 47.8 cm³/mol. The number of hydrogen-bond acceptors (Lipinski definition) is 5. The molecule has 2 heterocycles. The minimum atomic E-state index is 0.500. The number of nitrogens with zero attached hydrogens (tertiary/aromatic N) is 2. The molecule has 0 atom stereocenters. The second kappa shape index (κ2) is 2.43. The van der Waals surface area contributed by atoms with Gasteiger partial charge in [-0.15, -0.1) is 0 Å². The Bertz CT molecular complexity index is 447. The topological polar surface area (TPSA) is 57.4 Å². The molecule has 2 aromatic heterocycles. The van der Waals surface area contributed by atoms with Gasteiger partial charge in [-0.3, -0.25) is 0 Å². The summed E-state index contributed by atoms with van der Waals surface area (Å²) in [5.41, 5.74) is 1.32. The average molecular weight is 202 g/mol. The summed E-state index contributed by atoms with van der Waals surface area (Å²) >= 11 is 10.9. The third-order valence-corrected chi connectivity index (χ3v) is 2.43. The van der Waals surface area contributed by atoms with E-state index in [1.165, 1.54) is 0 Å². The van der Waals surface area contributed by atoms with Crippen molar-refractivity contribution in [2.45, 2.75) is 0 Å². The predicted octanol–water partition coefficient (Wildman–Crippen LogP) is 1.81. The fourth-order valence-corrected chi connectivity index (χ4v) is 1.44. The minimum absolute atomic E-state index is 0.500. The molecule has 0 saturated carbocycles. The maximum absolute atomic E-state index is 4.89. The third kappa shape index (κ3) is 1.10. The average Bonchev–Trinajstić information content (AvgIpc) is 2.36. The fraction of sp³-hybridized carbons (Fsp3) is 0. The lowest BCUT2D eigenvalue weighted by atomic mass is 10.7. The Morgan fingerprint density at radius 1 is 1.00 bits per heavy atom. The zero-order valence-electron chi connectivity index (χ0n) is 5.12. The van der Waals surface area contributed by atoms with Crippen LogP contribution in [-0.2, 0) is 0 Å². The van der Waals surface area contributed by atoms with Gasteiger partial charge in [-0.1, -0.05) is 24.4 Å². The number of H-pyrrole nitrogens is 2. The SMILES string of the molecule is S=c1[nH]c2nsnc2[nH]c1=S. The Morgan fingerprint density at radius 3 is 1.91 bits per heavy atom. The van der Waals surface area contributed by atoms with Gasteiger partial charge in [-0.25, -0.2) is 0 Å². The summed E-state index contributed by atoms with van der Waals surface area (Å²) in [5, 5.41) is 0. The van der Waals surface area contributed by atoms with Crippen LogP contribution in [-0.4, -0.2) is 18.7 Å². The highest BCUT2D eigenvalue weighted by Gasteiger charge is 1.96. The van der Waals surface area contributed by atoms with Crippen LogP contribution >= 0.6 is 36.2 Å². The Hall–Kier alpha value is -0.660. The van der Waals surface area contributed by atoms with Crippen molar-refractivity contribution in [2.75, 3.05) is 0 Å². The van der Waals surface area contributed by atoms with Crippen molar-refractivity contribution in [3.05, 3.63) is 9.28 Å². The van der Waals surface area contributed by atoms with Crippen molar-refractivity contribution < 1.29 is 0 Å². The van der Waals surface area contributed by atoms with Crippen LogP contribution in [0.25, 0.3) is 11.3 Å². The summed E-state index contributed by atoms with van der Waals surface area (Å²) < 4.78 is 8.90. The van der Waals surface area contributed by atoms with Crippen LogP contribution in [0.2, 0.25) is 0 Å². The molecule has 0 aromatic carbocycles. The van der Waals surface area contributed by atoms with E-state index >= 15 is 0 Å². The van der Waals surface area contributed by atoms with Gasteiger partial charge >= 0.3 is 0 Å². The highest BCUT2D eigenvalue weighted by atomic mass is 32.1. The van der Waals surface area contributed by atoms with Gasteiger partial charge in [0.25, 0.3) is 0 Å². The van der Waals surface area contributed by atoms with Crippen LogP contribution < -0.4 is 0 Å². The highest BCUT2D eigenvalue weighted by Crippen LogP contribution is 2.04. The van der Waals surface area contributed by atoms with Gasteiger partial charge in [0, 0.05) is 0 Å². The molecule has 2 aromatic rings. The van der Waals surface area contributed by atoms with Gasteiger partial charge in [0.15, 0.2) is 11.3 Å². The second-order valence-electron chi connectivity index (χ2n) is 1.87. The van der Waals surface area contributed by atoms with Crippen LogP contribution in [0.4, 0.5) is 0 Å². The summed E-state index contributed by atoms with van der Waals surface area (Å²) in [7, 11) is 0. The number of aromatic nitrogens is 4. The molecule has 56 valence electrons. The Morgan fingerprint density at radius 2 is 1.45 bits per heavy atom. The van der Waals surface area contributed by atoms with E-state index in [9.17, 15) is 0 Å². The molecule has 0 unspecified atom stereocenters. The second-order valence-corrected chi connectivity index (χ2v) is 3.21. The molecule has 0 radical (unpaired) electrons. The van der Waals surface area contributed by atoms with E-state index in [1.54, 1.807) is 0 Å². The molecule has 0 spiro atoms. The number of fused-ring (bicyclic) bond motifs is 1. The standard InChI is InChI=1S/C4H2N4S3/c9-3-4(10)6-2-1(5-3)7-11-8-2/h(H,5,7,9)(H,6,8,10). The molecule has 11 heavy (non-hydrogen) atoms. The van der Waals surface area contributed by atoms with Gasteiger partial charge in [-0.2, -0.15) is 8.75 Å². The monoisotopic (exact) mass is 202 g/mol. The van der Waals surface area contributed by atoms with Crippen molar-refractivity contribution in [3.8, 4) is 0 Å². The highest BCUT2D eigenvalue weighted by molar-refractivity contribution is 7.73. The molecule has 0 saturated heterocycles. The molecule has 0 aliphatic rings. The normalized spacial score (nSPS) is 10.5. The molecule has 2 N–H and O–H groups in total. The van der Waals surface area contributed by atoms with E-state index < -0.39 is 0 Å². The molecule has 0 aliphatic heterocycles. The quantitative estimate of drug-likeness (QED) is 0.640. The lowest BCUT2D eigenvalue weighted by molar-refractivity contribution is 1.21. The number of nitrogens with one attached hydrogen (secondary N) is 2. The van der Waals surface area contributed by atoms with Crippen molar-refractivity contribution in [3.63, 3.8) is 0 Å². The molecular formula is C4H2N4S3. The molecule has 0 amide bonds. The van der Waals surface area contributed by atoms with E-state index in [1.807, 2.05) is 0 Å². The first-order valence-corrected chi connectivity index (χ1v) is 4.27. The van der Waals surface area contributed by atoms with Gasteiger partial charge in [0.05, 0.1) is 11.7 Å². The fourth-order valence-electron chi connectivity index (χ4n) is 0.681. The van der Waals surface area contributed by atoms with Crippen LogP contribution in [0, 0.1) is 9.28 Å². The Kier molecular flexibility index (Phi) is 1.55. The summed E-state index contributed by atoms with van der Waals surface area (Å²) in [6.07, 6.45) is 0. The molecule has 2 rings (SSSR count). The molecule has 7 heteroatoms. The van der Waals surface area contributed by atoms with E-state index in [0.717, 1.165) is 11.7 Å². The number of hydrogen-bond donors (Lipinski definition) is 2. The first kappa shape index (κ1) is 7.01. The molecule has 0 fully saturated rings. The third-order valence-electron chi connectivity index (χ3n) is 1.16. The number of rotatable bonds is 0. The molecule has 0 aliphatic carbocycles. The summed E-state index contributed by atoms with van der Waals surface area (Å²) in [5.74, 6) is 0. The van der Waals surface area contributed by atoms with Crippen LogP contribution in [0.5, 0.6) is 0 Å². The Labute approximate surface area is 75.6 Å². The van der Waals surface area contributed by atoms with Crippen LogP contribution in [0.15, 0.2) is 0 Å². The van der Waals surface area contributed by atoms with Crippen molar-refractivity contribution >= 4 is 47.5 Å². The number of aromatic amines is 2. The van der Waals surface area contributed by atoms with Gasteiger partial charge in [0.2, 0.25) is 0 Å². The lowest BCUT2D eigenvalue weighted by Crippen LogP contribution is -1.83. The summed E-state index contributed by atoms with van der Waals surface area (Å²) in [6.45, 7) is 0. The van der Waals surface area contributed by atoms with E-state index in [4.69, 9.17) is 24.4 Å². The van der Waals surface area contributed by atoms with E-state index in [-0.39, 0.29) is 0 Å². The summed E-state index contributed by atoms with van der Waals surface area (Å²) in [6, 6.07) is 0. The largest absolute Gasteiger partial charge is 0.325 e. The zero-order valence-corrected chi connectivity index (χ0v) is 7.57. The van der Waals surface area contributed by atoms with Gasteiger partial charge in [-0.05, 0) is 0 Å². The van der Waals surface area contributed by atoms with E-state index in [2.05, 4.69) is 18.7 Å². The maximum Gasteiger partial charge on any atom is 0.189 e. The van der Waals surface area contributed by atoms with Crippen molar-refractivity contribution in [1.29, 1.82) is 0 Å². The summed E-state index contributed by atoms with van der Waals surface area (Å²) in [4.78, 5) is 5.71. The van der Waals surface area contributed by atoms with E-state index in [0.29, 0.717) is 20.6 Å². The smallest absolute Gasteiger partial charge is 0.189 e. The van der Waals surface area contributed by atoms with Gasteiger partial charge in [0.1, 0.15) is 9.28 Å². The first-order chi connectivity index (χ1) is 5.27. The Balaban J connectivity index is 3.09. The van der Waals surface area contributed by atoms with Gasteiger partial charge < -0.3 is 9.97 Å². The molecular weight excluding hydrogens is 200 g/mol. The van der Waals surface area contributed by atoms with Crippen molar-refractivity contribution in [2.24, 2.45) is 0 Å². The zero-order chi connectivity index (χ0) is 7.84.